The number of hydrogen-bond acceptors (Lipinski definition) is 2. The second-order valence-corrected chi connectivity index (χ2v) is 5.12. The van der Waals surface area contributed by atoms with Crippen molar-refractivity contribution in [3.63, 3.8) is 0 Å². The number of hydrogen-bond donors (Lipinski definition) is 1. The lowest BCUT2D eigenvalue weighted by molar-refractivity contribution is -0.873. The van der Waals surface area contributed by atoms with E-state index in [1.807, 2.05) is 51.5 Å². The number of carbonyl (C=O) groups is 1. The summed E-state index contributed by atoms with van der Waals surface area (Å²) < 4.78 is 6.38. The van der Waals surface area contributed by atoms with Crippen molar-refractivity contribution in [1.82, 2.24) is 0 Å². The fourth-order valence-electron chi connectivity index (χ4n) is 1.64. The van der Waals surface area contributed by atoms with Crippen LogP contribution in [-0.2, 0) is 4.79 Å². The van der Waals surface area contributed by atoms with Crippen molar-refractivity contribution in [2.24, 2.45) is 0 Å². The lowest BCUT2D eigenvalue weighted by atomic mass is 10.2. The highest BCUT2D eigenvalue weighted by molar-refractivity contribution is 5.67. The number of benzene rings is 1. The van der Waals surface area contributed by atoms with E-state index >= 15 is 0 Å². The molecule has 1 aromatic rings. The smallest absolute Gasteiger partial charge is 0.307 e. The number of quaternary nitrogens is 1. The van der Waals surface area contributed by atoms with Crippen molar-refractivity contribution in [1.29, 1.82) is 0 Å². The summed E-state index contributed by atoms with van der Waals surface area (Å²) in [5.74, 6) is -0.119. The van der Waals surface area contributed by atoms with Gasteiger partial charge in [0.25, 0.3) is 0 Å². The molecule has 0 saturated heterocycles. The van der Waals surface area contributed by atoms with Gasteiger partial charge >= 0.3 is 5.97 Å². The first-order chi connectivity index (χ1) is 7.87. The van der Waals surface area contributed by atoms with Gasteiger partial charge < -0.3 is 14.3 Å². The zero-order chi connectivity index (χ0) is 12.9. The molecule has 0 aliphatic carbocycles. The van der Waals surface area contributed by atoms with Crippen LogP contribution in [0.25, 0.3) is 0 Å². The van der Waals surface area contributed by atoms with Gasteiger partial charge in [-0.25, -0.2) is 0 Å². The number of likely N-dealkylation sites (N-methyl/N-ethyl adjacent to an activating group) is 1. The van der Waals surface area contributed by atoms with Crippen molar-refractivity contribution in [3.8, 4) is 5.75 Å². The van der Waals surface area contributed by atoms with Gasteiger partial charge in [0, 0.05) is 0 Å². The van der Waals surface area contributed by atoms with E-state index in [2.05, 4.69) is 0 Å². The molecule has 1 N–H and O–H groups in total. The lowest BCUT2D eigenvalue weighted by Gasteiger charge is -2.28. The Hall–Kier alpha value is -1.55. The van der Waals surface area contributed by atoms with Crippen molar-refractivity contribution in [2.75, 3.05) is 27.7 Å². The van der Waals surface area contributed by atoms with Crippen LogP contribution in [0.4, 0.5) is 0 Å². The predicted molar refractivity (Wildman–Crippen MR) is 66.0 cm³/mol. The number of aliphatic carboxylic acids is 1. The molecule has 0 aromatic heterocycles. The third-order valence-electron chi connectivity index (χ3n) is 2.20. The maximum absolute atomic E-state index is 10.8. The van der Waals surface area contributed by atoms with E-state index in [9.17, 15) is 4.79 Å². The van der Waals surface area contributed by atoms with Crippen molar-refractivity contribution in [3.05, 3.63) is 30.3 Å². The molecule has 1 atom stereocenters. The van der Waals surface area contributed by atoms with Crippen LogP contribution < -0.4 is 4.74 Å². The average molecular weight is 238 g/mol. The zero-order valence-corrected chi connectivity index (χ0v) is 10.6. The number of nitrogens with zero attached hydrogens (tertiary/aromatic N) is 1. The minimum atomic E-state index is -0.834. The first-order valence-electron chi connectivity index (χ1n) is 5.61. The Labute approximate surface area is 102 Å². The van der Waals surface area contributed by atoms with Gasteiger partial charge in [0.15, 0.2) is 6.10 Å². The molecule has 0 fully saturated rings. The molecule has 0 aliphatic heterocycles. The molecule has 1 aromatic carbocycles. The first kappa shape index (κ1) is 13.5. The minimum Gasteiger partial charge on any atom is -0.484 e. The van der Waals surface area contributed by atoms with Gasteiger partial charge in [0.1, 0.15) is 12.3 Å². The van der Waals surface area contributed by atoms with Crippen LogP contribution in [0.1, 0.15) is 6.42 Å². The van der Waals surface area contributed by atoms with E-state index < -0.39 is 5.97 Å². The molecule has 0 heterocycles. The highest BCUT2D eigenvalue weighted by Gasteiger charge is 2.22. The molecule has 1 unspecified atom stereocenters. The van der Waals surface area contributed by atoms with Gasteiger partial charge in [-0.05, 0) is 12.1 Å². The maximum Gasteiger partial charge on any atom is 0.307 e. The lowest BCUT2D eigenvalue weighted by Crippen LogP contribution is -2.44. The molecule has 4 nitrogen and oxygen atoms in total. The van der Waals surface area contributed by atoms with Crippen molar-refractivity contribution in [2.45, 2.75) is 12.5 Å². The van der Waals surface area contributed by atoms with Crippen LogP contribution >= 0.6 is 0 Å². The number of para-hydroxylation sites is 1. The van der Waals surface area contributed by atoms with Crippen molar-refractivity contribution < 1.29 is 19.1 Å². The topological polar surface area (TPSA) is 46.5 Å². The first-order valence-corrected chi connectivity index (χ1v) is 5.61. The quantitative estimate of drug-likeness (QED) is 0.766. The Morgan fingerprint density at radius 3 is 2.35 bits per heavy atom. The van der Waals surface area contributed by atoms with E-state index in [0.717, 1.165) is 0 Å². The summed E-state index contributed by atoms with van der Waals surface area (Å²) in [7, 11) is 6.05. The maximum atomic E-state index is 10.8. The Morgan fingerprint density at radius 2 is 1.88 bits per heavy atom. The molecule has 17 heavy (non-hydrogen) atoms. The molecule has 0 bridgehead atoms. The van der Waals surface area contributed by atoms with Gasteiger partial charge in [-0.3, -0.25) is 4.79 Å². The fraction of sp³-hybridized carbons (Fsp3) is 0.462. The van der Waals surface area contributed by atoms with Gasteiger partial charge in [0.2, 0.25) is 0 Å². The Morgan fingerprint density at radius 1 is 1.29 bits per heavy atom. The van der Waals surface area contributed by atoms with Crippen LogP contribution in [0.3, 0.4) is 0 Å². The van der Waals surface area contributed by atoms with Crippen molar-refractivity contribution >= 4 is 5.97 Å². The standard InChI is InChI=1S/C13H19NO3/c1-14(2,3)10-12(9-13(15)16)17-11-7-5-4-6-8-11/h4-8,12H,9-10H2,1-3H3/p+1. The predicted octanol–water partition coefficient (Wildman–Crippen LogP) is 1.61. The van der Waals surface area contributed by atoms with Crippen LogP contribution in [-0.4, -0.2) is 49.4 Å². The van der Waals surface area contributed by atoms with E-state index in [-0.39, 0.29) is 12.5 Å². The number of carboxylic acid groups (broad SMARTS) is 1. The molecule has 0 saturated carbocycles. The van der Waals surface area contributed by atoms with Crippen LogP contribution in [0.5, 0.6) is 5.75 Å². The Bertz CT molecular complexity index is 357. The third kappa shape index (κ3) is 5.92. The molecular formula is C13H20NO3+. The summed E-state index contributed by atoms with van der Waals surface area (Å²) in [4.78, 5) is 10.8. The third-order valence-corrected chi connectivity index (χ3v) is 2.20. The molecule has 0 amide bonds. The van der Waals surface area contributed by atoms with Gasteiger partial charge in [0.05, 0.1) is 27.6 Å². The zero-order valence-electron chi connectivity index (χ0n) is 10.6. The van der Waals surface area contributed by atoms with Crippen LogP contribution in [0, 0.1) is 0 Å². The Kier molecular flexibility index (Phi) is 4.52. The largest absolute Gasteiger partial charge is 0.484 e. The highest BCUT2D eigenvalue weighted by atomic mass is 16.5. The Balaban J connectivity index is 2.67. The SMILES string of the molecule is C[N+](C)(C)CC(CC(=O)O)Oc1ccccc1. The van der Waals surface area contributed by atoms with Crippen LogP contribution in [0.2, 0.25) is 0 Å². The average Bonchev–Trinajstić information content (AvgIpc) is 2.15. The second kappa shape index (κ2) is 5.68. The minimum absolute atomic E-state index is 0.0183. The summed E-state index contributed by atoms with van der Waals surface area (Å²) in [6.45, 7) is 0.654. The summed E-state index contributed by atoms with van der Waals surface area (Å²) in [5, 5.41) is 8.87. The van der Waals surface area contributed by atoms with Gasteiger partial charge in [-0.2, -0.15) is 0 Å². The summed E-state index contributed by atoms with van der Waals surface area (Å²) >= 11 is 0. The molecule has 1 rings (SSSR count). The monoisotopic (exact) mass is 238 g/mol. The number of rotatable bonds is 6. The molecule has 0 spiro atoms. The molecule has 0 radical (unpaired) electrons. The van der Waals surface area contributed by atoms with Crippen LogP contribution in [0.15, 0.2) is 30.3 Å². The van der Waals surface area contributed by atoms with E-state index in [1.165, 1.54) is 0 Å². The molecular weight excluding hydrogens is 218 g/mol. The summed E-state index contributed by atoms with van der Waals surface area (Å²) in [6, 6.07) is 9.33. The van der Waals surface area contributed by atoms with E-state index in [0.29, 0.717) is 16.8 Å². The molecule has 0 aliphatic rings. The van der Waals surface area contributed by atoms with Gasteiger partial charge in [-0.15, -0.1) is 0 Å². The highest BCUT2D eigenvalue weighted by Crippen LogP contribution is 2.14. The van der Waals surface area contributed by atoms with E-state index in [1.54, 1.807) is 0 Å². The molecule has 4 heteroatoms. The van der Waals surface area contributed by atoms with Gasteiger partial charge in [-0.1, -0.05) is 18.2 Å². The normalized spacial score (nSPS) is 13.1. The summed E-state index contributed by atoms with van der Waals surface area (Å²) in [5.41, 5.74) is 0. The molecule has 94 valence electrons. The number of ether oxygens (including phenoxy) is 1. The fourth-order valence-corrected chi connectivity index (χ4v) is 1.64. The summed E-state index contributed by atoms with van der Waals surface area (Å²) in [6.07, 6.45) is -0.292. The second-order valence-electron chi connectivity index (χ2n) is 5.12. The number of carboxylic acids is 1. The van der Waals surface area contributed by atoms with E-state index in [4.69, 9.17) is 9.84 Å².